The highest BCUT2D eigenvalue weighted by molar-refractivity contribution is 5.33. The van der Waals surface area contributed by atoms with E-state index in [0.717, 1.165) is 18.2 Å². The Morgan fingerprint density at radius 1 is 1.38 bits per heavy atom. The molecule has 0 saturated heterocycles. The summed E-state index contributed by atoms with van der Waals surface area (Å²) in [4.78, 5) is 0. The van der Waals surface area contributed by atoms with Gasteiger partial charge in [0.15, 0.2) is 0 Å². The maximum atomic E-state index is 13.2. The van der Waals surface area contributed by atoms with E-state index in [1.54, 1.807) is 0 Å². The molecule has 0 radical (unpaired) electrons. The molecule has 0 aliphatic heterocycles. The Balaban J connectivity index is 3.03. The molecule has 0 spiro atoms. The molecule has 0 amide bonds. The standard InChI is InChI=1S/C10H9F4NO/c1-2-9(15)7-5-6(3-4-8(7)11)16-10(12,13)14/h2-5,9H,1,15H2/t9-/m1/s1. The Morgan fingerprint density at radius 3 is 2.50 bits per heavy atom. The highest BCUT2D eigenvalue weighted by atomic mass is 19.4. The third-order valence-corrected chi connectivity index (χ3v) is 1.81. The van der Waals surface area contributed by atoms with Gasteiger partial charge < -0.3 is 10.5 Å². The van der Waals surface area contributed by atoms with Crippen LogP contribution in [-0.4, -0.2) is 6.36 Å². The van der Waals surface area contributed by atoms with Gasteiger partial charge in [-0.1, -0.05) is 6.08 Å². The molecule has 0 aliphatic carbocycles. The van der Waals surface area contributed by atoms with Gasteiger partial charge in [-0.3, -0.25) is 0 Å². The molecule has 88 valence electrons. The highest BCUT2D eigenvalue weighted by Gasteiger charge is 2.31. The molecule has 0 saturated carbocycles. The number of hydrogen-bond donors (Lipinski definition) is 1. The lowest BCUT2D eigenvalue weighted by Crippen LogP contribution is -2.18. The van der Waals surface area contributed by atoms with Crippen LogP contribution in [0.1, 0.15) is 11.6 Å². The van der Waals surface area contributed by atoms with Crippen molar-refractivity contribution >= 4 is 0 Å². The second-order valence-corrected chi connectivity index (χ2v) is 2.99. The predicted octanol–water partition coefficient (Wildman–Crippen LogP) is 2.91. The lowest BCUT2D eigenvalue weighted by molar-refractivity contribution is -0.274. The summed E-state index contributed by atoms with van der Waals surface area (Å²) in [5.41, 5.74) is 5.33. The number of benzene rings is 1. The minimum Gasteiger partial charge on any atom is -0.406 e. The molecule has 2 N–H and O–H groups in total. The fraction of sp³-hybridized carbons (Fsp3) is 0.200. The summed E-state index contributed by atoms with van der Waals surface area (Å²) in [6.45, 7) is 3.33. The molecule has 0 unspecified atom stereocenters. The van der Waals surface area contributed by atoms with Gasteiger partial charge in [-0.05, 0) is 18.2 Å². The van der Waals surface area contributed by atoms with Crippen LogP contribution in [0.5, 0.6) is 5.75 Å². The first-order valence-electron chi connectivity index (χ1n) is 4.27. The summed E-state index contributed by atoms with van der Waals surface area (Å²) in [7, 11) is 0. The second-order valence-electron chi connectivity index (χ2n) is 2.99. The Kier molecular flexibility index (Phi) is 3.54. The third kappa shape index (κ3) is 3.23. The van der Waals surface area contributed by atoms with Crippen LogP contribution in [0, 0.1) is 5.82 Å². The quantitative estimate of drug-likeness (QED) is 0.645. The minimum absolute atomic E-state index is 0.100. The fourth-order valence-corrected chi connectivity index (χ4v) is 1.10. The predicted molar refractivity (Wildman–Crippen MR) is 50.2 cm³/mol. The zero-order valence-electron chi connectivity index (χ0n) is 8.09. The third-order valence-electron chi connectivity index (χ3n) is 1.81. The van der Waals surface area contributed by atoms with Crippen LogP contribution in [0.25, 0.3) is 0 Å². The van der Waals surface area contributed by atoms with E-state index in [2.05, 4.69) is 11.3 Å². The molecule has 16 heavy (non-hydrogen) atoms. The van der Waals surface area contributed by atoms with Crippen LogP contribution < -0.4 is 10.5 Å². The molecule has 6 heteroatoms. The number of hydrogen-bond acceptors (Lipinski definition) is 2. The smallest absolute Gasteiger partial charge is 0.406 e. The van der Waals surface area contributed by atoms with Gasteiger partial charge in [0.25, 0.3) is 0 Å². The van der Waals surface area contributed by atoms with Crippen LogP contribution in [0.15, 0.2) is 30.9 Å². The molecule has 0 aromatic heterocycles. The number of nitrogens with two attached hydrogens (primary N) is 1. The molecule has 1 atom stereocenters. The molecule has 2 nitrogen and oxygen atoms in total. The summed E-state index contributed by atoms with van der Waals surface area (Å²) in [5.74, 6) is -1.22. The second kappa shape index (κ2) is 4.52. The van der Waals surface area contributed by atoms with Crippen molar-refractivity contribution in [2.45, 2.75) is 12.4 Å². The van der Waals surface area contributed by atoms with Crippen molar-refractivity contribution in [3.05, 3.63) is 42.2 Å². The maximum Gasteiger partial charge on any atom is 0.573 e. The van der Waals surface area contributed by atoms with E-state index in [0.29, 0.717) is 0 Å². The van der Waals surface area contributed by atoms with Gasteiger partial charge >= 0.3 is 6.36 Å². The van der Waals surface area contributed by atoms with E-state index < -0.39 is 24.0 Å². The highest BCUT2D eigenvalue weighted by Crippen LogP contribution is 2.26. The van der Waals surface area contributed by atoms with Crippen molar-refractivity contribution in [3.8, 4) is 5.75 Å². The number of ether oxygens (including phenoxy) is 1. The molecule has 0 heterocycles. The van der Waals surface area contributed by atoms with E-state index >= 15 is 0 Å². The van der Waals surface area contributed by atoms with Crippen molar-refractivity contribution in [1.82, 2.24) is 0 Å². The molecule has 0 aliphatic rings. The van der Waals surface area contributed by atoms with E-state index in [4.69, 9.17) is 5.73 Å². The minimum atomic E-state index is -4.81. The van der Waals surface area contributed by atoms with Crippen molar-refractivity contribution in [2.75, 3.05) is 0 Å². The first-order chi connectivity index (χ1) is 7.33. The van der Waals surface area contributed by atoms with Gasteiger partial charge in [0.1, 0.15) is 11.6 Å². The summed E-state index contributed by atoms with van der Waals surface area (Å²) < 4.78 is 52.5. The fourth-order valence-electron chi connectivity index (χ4n) is 1.10. The van der Waals surface area contributed by atoms with Crippen LogP contribution >= 0.6 is 0 Å². The average Bonchev–Trinajstić information content (AvgIpc) is 2.18. The number of halogens is 4. The van der Waals surface area contributed by atoms with E-state index in [-0.39, 0.29) is 5.56 Å². The summed E-state index contributed by atoms with van der Waals surface area (Å²) >= 11 is 0. The van der Waals surface area contributed by atoms with Gasteiger partial charge in [-0.2, -0.15) is 0 Å². The lowest BCUT2D eigenvalue weighted by atomic mass is 10.1. The van der Waals surface area contributed by atoms with Crippen molar-refractivity contribution in [2.24, 2.45) is 5.73 Å². The normalized spacial score (nSPS) is 13.3. The summed E-state index contributed by atoms with van der Waals surface area (Å²) in [6, 6.07) is 1.76. The van der Waals surface area contributed by atoms with Crippen LogP contribution in [0.4, 0.5) is 17.6 Å². The van der Waals surface area contributed by atoms with Gasteiger partial charge in [0.05, 0.1) is 6.04 Å². The van der Waals surface area contributed by atoms with Crippen LogP contribution in [-0.2, 0) is 0 Å². The SMILES string of the molecule is C=C[C@@H](N)c1cc(OC(F)(F)F)ccc1F. The topological polar surface area (TPSA) is 35.2 Å². The van der Waals surface area contributed by atoms with Crippen LogP contribution in [0.3, 0.4) is 0 Å². The van der Waals surface area contributed by atoms with Gasteiger partial charge in [-0.15, -0.1) is 19.8 Å². The largest absolute Gasteiger partial charge is 0.573 e. The average molecular weight is 235 g/mol. The van der Waals surface area contributed by atoms with Crippen LogP contribution in [0.2, 0.25) is 0 Å². The molecule has 1 aromatic carbocycles. The van der Waals surface area contributed by atoms with Crippen molar-refractivity contribution < 1.29 is 22.3 Å². The number of rotatable bonds is 3. The van der Waals surface area contributed by atoms with Gasteiger partial charge in [0.2, 0.25) is 0 Å². The molecule has 0 fully saturated rings. The van der Waals surface area contributed by atoms with E-state index in [9.17, 15) is 17.6 Å². The van der Waals surface area contributed by atoms with E-state index in [1.807, 2.05) is 0 Å². The Bertz CT molecular complexity index is 389. The van der Waals surface area contributed by atoms with Gasteiger partial charge in [-0.25, -0.2) is 4.39 Å². The van der Waals surface area contributed by atoms with Crippen molar-refractivity contribution in [3.63, 3.8) is 0 Å². The molecular weight excluding hydrogens is 226 g/mol. The summed E-state index contributed by atoms with van der Waals surface area (Å²) in [6.07, 6.45) is -3.59. The maximum absolute atomic E-state index is 13.2. The van der Waals surface area contributed by atoms with Crippen molar-refractivity contribution in [1.29, 1.82) is 0 Å². The zero-order chi connectivity index (χ0) is 12.3. The molecule has 0 bridgehead atoms. The van der Waals surface area contributed by atoms with Gasteiger partial charge in [0, 0.05) is 5.56 Å². The Morgan fingerprint density at radius 2 is 2.00 bits per heavy atom. The summed E-state index contributed by atoms with van der Waals surface area (Å²) in [5, 5.41) is 0. The molecule has 1 rings (SSSR count). The first kappa shape index (κ1) is 12.5. The number of alkyl halides is 3. The molecular formula is C10H9F4NO. The molecule has 1 aromatic rings. The van der Waals surface area contributed by atoms with E-state index in [1.165, 1.54) is 6.08 Å². The lowest BCUT2D eigenvalue weighted by Gasteiger charge is -2.12. The Labute approximate surface area is 89.3 Å². The zero-order valence-corrected chi connectivity index (χ0v) is 8.09. The Hall–Kier alpha value is -1.56. The monoisotopic (exact) mass is 235 g/mol. The first-order valence-corrected chi connectivity index (χ1v) is 4.27.